The number of halogens is 1. The van der Waals surface area contributed by atoms with Crippen LogP contribution in [0, 0.1) is 6.92 Å². The Morgan fingerprint density at radius 1 is 0.972 bits per heavy atom. The highest BCUT2D eigenvalue weighted by molar-refractivity contribution is 6.32. The number of aryl methyl sites for hydroxylation is 2. The van der Waals surface area contributed by atoms with Crippen LogP contribution in [0.1, 0.15) is 41.0 Å². The molecule has 3 aromatic carbocycles. The van der Waals surface area contributed by atoms with E-state index in [-0.39, 0.29) is 17.5 Å². The Morgan fingerprint density at radius 2 is 1.69 bits per heavy atom. The highest BCUT2D eigenvalue weighted by Gasteiger charge is 2.36. The minimum atomic E-state index is -0.509. The van der Waals surface area contributed by atoms with E-state index in [2.05, 4.69) is 46.4 Å². The zero-order valence-electron chi connectivity index (χ0n) is 20.2. The van der Waals surface area contributed by atoms with Gasteiger partial charge in [0.1, 0.15) is 10.8 Å². The number of Topliss-reactive ketones (excluding diaryl/α,β-unsaturated/α-hetero) is 1. The van der Waals surface area contributed by atoms with E-state index in [0.717, 1.165) is 28.7 Å². The van der Waals surface area contributed by atoms with E-state index < -0.39 is 6.04 Å². The summed E-state index contributed by atoms with van der Waals surface area (Å²) in [6.45, 7) is 2.58. The largest absolute Gasteiger partial charge is 0.332 e. The maximum Gasteiger partial charge on any atom is 0.223 e. The van der Waals surface area contributed by atoms with Crippen molar-refractivity contribution in [1.29, 1.82) is 0 Å². The van der Waals surface area contributed by atoms with Gasteiger partial charge in [-0.05, 0) is 48.9 Å². The molecule has 0 unspecified atom stereocenters. The van der Waals surface area contributed by atoms with Crippen molar-refractivity contribution in [1.82, 2.24) is 14.9 Å². The molecule has 36 heavy (non-hydrogen) atoms. The van der Waals surface area contributed by atoms with Crippen LogP contribution in [0.5, 0.6) is 0 Å². The minimum Gasteiger partial charge on any atom is -0.332 e. The van der Waals surface area contributed by atoms with Gasteiger partial charge in [-0.3, -0.25) is 9.59 Å². The van der Waals surface area contributed by atoms with Gasteiger partial charge < -0.3 is 9.88 Å². The van der Waals surface area contributed by atoms with Gasteiger partial charge in [0.15, 0.2) is 5.82 Å². The summed E-state index contributed by atoms with van der Waals surface area (Å²) in [6.07, 6.45) is 2.43. The molecule has 1 aliphatic rings. The molecule has 6 heteroatoms. The number of aromatic amines is 1. The summed E-state index contributed by atoms with van der Waals surface area (Å²) in [4.78, 5) is 35.6. The summed E-state index contributed by atoms with van der Waals surface area (Å²) in [6, 6.07) is 25.8. The Balaban J connectivity index is 1.24. The third-order valence-electron chi connectivity index (χ3n) is 6.75. The van der Waals surface area contributed by atoms with Crippen LogP contribution in [0.4, 0.5) is 0 Å². The number of likely N-dealkylation sites (tertiary alicyclic amines) is 1. The van der Waals surface area contributed by atoms with Crippen LogP contribution in [0.15, 0.2) is 78.9 Å². The molecule has 0 aliphatic carbocycles. The van der Waals surface area contributed by atoms with Gasteiger partial charge in [0, 0.05) is 18.5 Å². The zero-order valence-corrected chi connectivity index (χ0v) is 21.0. The Hall–Kier alpha value is -3.70. The molecular weight excluding hydrogens is 470 g/mol. The second-order valence-electron chi connectivity index (χ2n) is 9.29. The fraction of sp³-hybridized carbons (Fsp3) is 0.233. The van der Waals surface area contributed by atoms with Gasteiger partial charge in [-0.25, -0.2) is 4.98 Å². The molecule has 0 radical (unpaired) electrons. The van der Waals surface area contributed by atoms with Crippen molar-refractivity contribution in [2.45, 2.75) is 38.6 Å². The maximum absolute atomic E-state index is 13.3. The van der Waals surface area contributed by atoms with Crippen molar-refractivity contribution < 1.29 is 9.59 Å². The quantitative estimate of drug-likeness (QED) is 0.296. The summed E-state index contributed by atoms with van der Waals surface area (Å²) in [5, 5.41) is 0.332. The van der Waals surface area contributed by atoms with E-state index in [1.165, 1.54) is 5.56 Å². The van der Waals surface area contributed by atoms with E-state index in [4.69, 9.17) is 11.6 Å². The van der Waals surface area contributed by atoms with Crippen LogP contribution in [0.2, 0.25) is 5.15 Å². The number of hydrogen-bond acceptors (Lipinski definition) is 3. The van der Waals surface area contributed by atoms with Gasteiger partial charge in [-0.15, -0.1) is 0 Å². The first kappa shape index (κ1) is 24.0. The van der Waals surface area contributed by atoms with Crippen molar-refractivity contribution in [3.63, 3.8) is 0 Å². The number of rotatable bonds is 7. The number of ketones is 1. The summed E-state index contributed by atoms with van der Waals surface area (Å²) in [7, 11) is 0. The average molecular weight is 498 g/mol. The molecule has 1 atom stereocenters. The molecule has 4 aromatic rings. The Morgan fingerprint density at radius 3 is 2.44 bits per heavy atom. The van der Waals surface area contributed by atoms with E-state index in [1.807, 2.05) is 49.4 Å². The fourth-order valence-corrected chi connectivity index (χ4v) is 5.08. The summed E-state index contributed by atoms with van der Waals surface area (Å²) < 4.78 is 0. The number of hydrogen-bond donors (Lipinski definition) is 1. The standard InChI is InChI=1S/C30H28ClN3O2/c1-20-7-5-10-24(19-20)27-29(31)33-30(32-27)28(36)25-11-6-18-34(25)26(35)17-14-21-12-15-23(16-13-21)22-8-3-2-4-9-22/h2-5,7-10,12-13,15-16,19,25H,6,11,14,17-18H2,1H3,(H,32,33)/t25-/m0/s1. The number of amides is 1. The van der Waals surface area contributed by atoms with Crippen molar-refractivity contribution in [2.75, 3.05) is 6.54 Å². The minimum absolute atomic E-state index is 0.00505. The zero-order chi connectivity index (χ0) is 25.1. The van der Waals surface area contributed by atoms with E-state index >= 15 is 0 Å². The molecule has 5 nitrogen and oxygen atoms in total. The molecule has 0 bridgehead atoms. The Kier molecular flexibility index (Phi) is 7.01. The van der Waals surface area contributed by atoms with Crippen molar-refractivity contribution in [3.8, 4) is 22.4 Å². The first-order valence-electron chi connectivity index (χ1n) is 12.3. The smallest absolute Gasteiger partial charge is 0.223 e. The van der Waals surface area contributed by atoms with Gasteiger partial charge in [0.05, 0.1) is 6.04 Å². The van der Waals surface area contributed by atoms with Crippen molar-refractivity contribution in [2.24, 2.45) is 0 Å². The van der Waals surface area contributed by atoms with Gasteiger partial charge in [0.25, 0.3) is 0 Å². The van der Waals surface area contributed by atoms with Crippen LogP contribution in [0.25, 0.3) is 22.4 Å². The first-order chi connectivity index (χ1) is 17.5. The summed E-state index contributed by atoms with van der Waals surface area (Å²) >= 11 is 6.40. The van der Waals surface area contributed by atoms with Gasteiger partial charge in [-0.2, -0.15) is 0 Å². The molecule has 1 saturated heterocycles. The van der Waals surface area contributed by atoms with Crippen LogP contribution in [0.3, 0.4) is 0 Å². The molecule has 2 heterocycles. The second-order valence-corrected chi connectivity index (χ2v) is 9.67. The lowest BCUT2D eigenvalue weighted by Crippen LogP contribution is -2.41. The second kappa shape index (κ2) is 10.5. The lowest BCUT2D eigenvalue weighted by molar-refractivity contribution is -0.131. The summed E-state index contributed by atoms with van der Waals surface area (Å²) in [5.41, 5.74) is 5.92. The van der Waals surface area contributed by atoms with Gasteiger partial charge >= 0.3 is 0 Å². The van der Waals surface area contributed by atoms with Crippen molar-refractivity contribution >= 4 is 23.3 Å². The number of nitrogens with zero attached hydrogens (tertiary/aromatic N) is 2. The molecule has 1 amide bonds. The Labute approximate surface area is 216 Å². The Bertz CT molecular complexity index is 1380. The highest BCUT2D eigenvalue weighted by atomic mass is 35.5. The number of H-pyrrole nitrogens is 1. The van der Waals surface area contributed by atoms with Gasteiger partial charge in [-0.1, -0.05) is 90.0 Å². The molecule has 1 fully saturated rings. The third-order valence-corrected chi connectivity index (χ3v) is 7.02. The highest BCUT2D eigenvalue weighted by Crippen LogP contribution is 2.29. The van der Waals surface area contributed by atoms with E-state index in [9.17, 15) is 9.59 Å². The van der Waals surface area contributed by atoms with Crippen LogP contribution >= 0.6 is 11.6 Å². The molecular formula is C30H28ClN3O2. The molecule has 0 saturated carbocycles. The monoisotopic (exact) mass is 497 g/mol. The molecule has 5 rings (SSSR count). The van der Waals surface area contributed by atoms with Crippen LogP contribution in [-0.2, 0) is 11.2 Å². The molecule has 1 aromatic heterocycles. The molecule has 182 valence electrons. The topological polar surface area (TPSA) is 66.1 Å². The maximum atomic E-state index is 13.3. The normalized spacial score (nSPS) is 15.3. The number of carbonyl (C=O) groups is 2. The van der Waals surface area contributed by atoms with Crippen molar-refractivity contribution in [3.05, 3.63) is 101 Å². The predicted octanol–water partition coefficient (Wildman–Crippen LogP) is 6.51. The van der Waals surface area contributed by atoms with E-state index in [0.29, 0.717) is 36.7 Å². The SMILES string of the molecule is Cc1cccc(-c2nc(C(=O)[C@@H]3CCCN3C(=O)CCc3ccc(-c4ccccc4)cc3)[nH]c2Cl)c1. The molecule has 1 N–H and O–H groups in total. The fourth-order valence-electron chi connectivity index (χ4n) is 4.84. The number of carbonyl (C=O) groups excluding carboxylic acids is 2. The predicted molar refractivity (Wildman–Crippen MR) is 143 cm³/mol. The molecule has 1 aliphatic heterocycles. The van der Waals surface area contributed by atoms with E-state index in [1.54, 1.807) is 4.90 Å². The van der Waals surface area contributed by atoms with Gasteiger partial charge in [0.2, 0.25) is 11.7 Å². The van der Waals surface area contributed by atoms with Crippen LogP contribution in [-0.4, -0.2) is 39.1 Å². The number of imidazole rings is 1. The van der Waals surface area contributed by atoms with Crippen LogP contribution < -0.4 is 0 Å². The summed E-state index contributed by atoms with van der Waals surface area (Å²) in [5.74, 6) is 0.0149. The number of aromatic nitrogens is 2. The molecule has 0 spiro atoms. The third kappa shape index (κ3) is 5.12. The average Bonchev–Trinajstić information content (AvgIpc) is 3.55. The lowest BCUT2D eigenvalue weighted by Gasteiger charge is -2.23. The number of nitrogens with one attached hydrogen (secondary N) is 1. The lowest BCUT2D eigenvalue weighted by atomic mass is 10.0. The number of benzene rings is 3. The first-order valence-corrected chi connectivity index (χ1v) is 12.7.